The molecule has 0 atom stereocenters. The predicted molar refractivity (Wildman–Crippen MR) is 140 cm³/mol. The number of aromatic amines is 2. The van der Waals surface area contributed by atoms with E-state index in [9.17, 15) is 4.79 Å². The van der Waals surface area contributed by atoms with Gasteiger partial charge in [-0.3, -0.25) is 24.4 Å². The fourth-order valence-electron chi connectivity index (χ4n) is 4.58. The number of thiophene rings is 1. The highest BCUT2D eigenvalue weighted by Gasteiger charge is 2.17. The maximum absolute atomic E-state index is 16.0. The van der Waals surface area contributed by atoms with Gasteiger partial charge in [-0.2, -0.15) is 5.10 Å². The van der Waals surface area contributed by atoms with E-state index in [0.717, 1.165) is 25.9 Å². The molecule has 0 fully saturated rings. The Morgan fingerprint density at radius 2 is 1.94 bits per heavy atom. The second kappa shape index (κ2) is 7.53. The summed E-state index contributed by atoms with van der Waals surface area (Å²) in [7, 11) is 0. The van der Waals surface area contributed by atoms with E-state index >= 15 is 4.39 Å². The third kappa shape index (κ3) is 2.94. The largest absolute Gasteiger partial charge is 0.337 e. The van der Waals surface area contributed by atoms with Gasteiger partial charge in [-0.1, -0.05) is 26.0 Å². The van der Waals surface area contributed by atoms with Gasteiger partial charge in [0.15, 0.2) is 11.5 Å². The maximum atomic E-state index is 16.0. The van der Waals surface area contributed by atoms with Crippen LogP contribution in [0.3, 0.4) is 0 Å². The van der Waals surface area contributed by atoms with E-state index in [4.69, 9.17) is 4.98 Å². The van der Waals surface area contributed by atoms with Crippen molar-refractivity contribution in [1.29, 1.82) is 0 Å². The van der Waals surface area contributed by atoms with E-state index in [2.05, 4.69) is 25.1 Å². The lowest BCUT2D eigenvalue weighted by molar-refractivity contribution is 0.0865. The second-order valence-corrected chi connectivity index (χ2v) is 10.0. The van der Waals surface area contributed by atoms with Crippen LogP contribution in [-0.4, -0.2) is 40.6 Å². The van der Waals surface area contributed by atoms with E-state index in [1.165, 1.54) is 11.3 Å². The van der Waals surface area contributed by atoms with Crippen molar-refractivity contribution < 1.29 is 9.18 Å². The van der Waals surface area contributed by atoms with Crippen LogP contribution in [0.4, 0.5) is 4.39 Å². The average Bonchev–Trinajstić information content (AvgIpc) is 3.62. The van der Waals surface area contributed by atoms with Crippen molar-refractivity contribution in [2.24, 2.45) is 5.92 Å². The van der Waals surface area contributed by atoms with Crippen molar-refractivity contribution in [3.63, 3.8) is 0 Å². The molecule has 0 spiro atoms. The minimum Gasteiger partial charge on any atom is -0.337 e. The highest BCUT2D eigenvalue weighted by atomic mass is 32.1. The molecular weight excluding hydrogens is 477 g/mol. The summed E-state index contributed by atoms with van der Waals surface area (Å²) in [6.45, 7) is 3.70. The molecule has 0 aliphatic heterocycles. The van der Waals surface area contributed by atoms with Crippen molar-refractivity contribution in [2.75, 3.05) is 0 Å². The van der Waals surface area contributed by atoms with Gasteiger partial charge in [-0.05, 0) is 24.3 Å². The number of halogens is 1. The lowest BCUT2D eigenvalue weighted by atomic mass is 10.2. The molecule has 10 heteroatoms. The zero-order valence-corrected chi connectivity index (χ0v) is 20.0. The van der Waals surface area contributed by atoms with Crippen LogP contribution in [0, 0.1) is 11.7 Å². The maximum Gasteiger partial charge on any atom is 0.234 e. The Morgan fingerprint density at radius 1 is 1.06 bits per heavy atom. The molecule has 8 nitrogen and oxygen atoms in total. The molecule has 7 aromatic rings. The summed E-state index contributed by atoms with van der Waals surface area (Å²) in [5.74, 6) is -0.892. The summed E-state index contributed by atoms with van der Waals surface area (Å²) in [6, 6.07) is 11.5. The zero-order chi connectivity index (χ0) is 24.6. The zero-order valence-electron chi connectivity index (χ0n) is 19.2. The van der Waals surface area contributed by atoms with Crippen LogP contribution in [0.2, 0.25) is 0 Å². The molecule has 6 heterocycles. The quantitative estimate of drug-likeness (QED) is 0.279. The van der Waals surface area contributed by atoms with Crippen LogP contribution in [0.1, 0.15) is 18.6 Å². The number of aromatic nitrogens is 7. The molecule has 0 unspecified atom stereocenters. The number of nitrogens with zero attached hydrogens (tertiary/aromatic N) is 5. The summed E-state index contributed by atoms with van der Waals surface area (Å²) in [5.41, 5.74) is 3.49. The molecule has 0 radical (unpaired) electrons. The Bertz CT molecular complexity index is 2080. The number of carbonyl (C=O) groups excluding carboxylic acids is 1. The summed E-state index contributed by atoms with van der Waals surface area (Å²) in [4.78, 5) is 31.0. The summed E-state index contributed by atoms with van der Waals surface area (Å²) in [5, 5.41) is 8.89. The van der Waals surface area contributed by atoms with Gasteiger partial charge in [-0.15, -0.1) is 11.3 Å². The smallest absolute Gasteiger partial charge is 0.234 e. The highest BCUT2D eigenvalue weighted by molar-refractivity contribution is 7.24. The molecule has 36 heavy (non-hydrogen) atoms. The molecule has 1 aromatic carbocycles. The van der Waals surface area contributed by atoms with Crippen molar-refractivity contribution in [2.45, 2.75) is 13.8 Å². The molecule has 6 aromatic heterocycles. The molecule has 176 valence electrons. The fraction of sp³-hybridized carbons (Fsp3) is 0.115. The third-order valence-electron chi connectivity index (χ3n) is 6.33. The third-order valence-corrected chi connectivity index (χ3v) is 7.43. The van der Waals surface area contributed by atoms with E-state index < -0.39 is 5.82 Å². The number of rotatable bonds is 1. The Balaban J connectivity index is 1.81. The SMILES string of the molecule is CC(C)C(=O)n1c2cncc(c2)c2ncc3[nH]nc(c4nc5c(cccc5c5ccc1s5)[nH]4)c3c2F. The lowest BCUT2D eigenvalue weighted by Crippen LogP contribution is -2.17. The minimum atomic E-state index is -0.537. The Labute approximate surface area is 206 Å². The molecule has 0 aliphatic rings. The lowest BCUT2D eigenvalue weighted by Gasteiger charge is -2.10. The van der Waals surface area contributed by atoms with Crippen molar-refractivity contribution >= 4 is 81.7 Å². The second-order valence-electron chi connectivity index (χ2n) is 8.97. The first-order valence-corrected chi connectivity index (χ1v) is 12.2. The first-order chi connectivity index (χ1) is 17.5. The Hall–Kier alpha value is -4.44. The van der Waals surface area contributed by atoms with Crippen molar-refractivity contribution in [1.82, 2.24) is 34.7 Å². The van der Waals surface area contributed by atoms with Crippen LogP contribution in [0.15, 0.2) is 55.0 Å². The molecule has 0 saturated carbocycles. The van der Waals surface area contributed by atoms with Gasteiger partial charge in [0.05, 0.1) is 39.8 Å². The molecule has 7 rings (SSSR count). The van der Waals surface area contributed by atoms with Gasteiger partial charge in [-0.25, -0.2) is 9.37 Å². The van der Waals surface area contributed by atoms with Crippen molar-refractivity contribution in [3.05, 3.63) is 60.8 Å². The Kier molecular flexibility index (Phi) is 4.37. The fourth-order valence-corrected chi connectivity index (χ4v) is 5.64. The van der Waals surface area contributed by atoms with Gasteiger partial charge in [0.25, 0.3) is 0 Å². The van der Waals surface area contributed by atoms with Crippen LogP contribution >= 0.6 is 11.3 Å². The van der Waals surface area contributed by atoms with Crippen LogP contribution < -0.4 is 0 Å². The van der Waals surface area contributed by atoms with Gasteiger partial charge < -0.3 is 4.98 Å². The van der Waals surface area contributed by atoms with Crippen LogP contribution in [0.25, 0.3) is 64.4 Å². The number of H-pyrrole nitrogens is 2. The number of para-hydroxylation sites is 1. The summed E-state index contributed by atoms with van der Waals surface area (Å²) < 4.78 is 18.6. The summed E-state index contributed by atoms with van der Waals surface area (Å²) >= 11 is 1.49. The Morgan fingerprint density at radius 3 is 2.81 bits per heavy atom. The molecular formula is C26H18FN7OS. The van der Waals surface area contributed by atoms with Crippen LogP contribution in [-0.2, 0) is 0 Å². The standard InChI is InChI=1S/C26H18FN7OS/c1-12(2)26(35)34-14-8-13(9-28-10-14)22-21(27)20-17(11-29-22)32-33-24(20)25-30-16-5-3-4-15(23(16)31-25)18-6-7-19(34)36-18/h3-12H,1-2H3,(H,30,31)(H,32,33). The topological polar surface area (TPSA) is 105 Å². The number of nitrogens with one attached hydrogen (secondary N) is 2. The summed E-state index contributed by atoms with van der Waals surface area (Å²) in [6.07, 6.45) is 4.70. The number of carbonyl (C=O) groups is 1. The average molecular weight is 496 g/mol. The molecule has 8 bridgehead atoms. The van der Waals surface area contributed by atoms with E-state index in [0.29, 0.717) is 27.6 Å². The molecule has 0 amide bonds. The van der Waals surface area contributed by atoms with Gasteiger partial charge in [0.2, 0.25) is 5.91 Å². The highest BCUT2D eigenvalue weighted by Crippen LogP contribution is 2.31. The van der Waals surface area contributed by atoms with Gasteiger partial charge in [0.1, 0.15) is 15.9 Å². The van der Waals surface area contributed by atoms with Crippen molar-refractivity contribution in [3.8, 4) is 0 Å². The molecule has 2 N–H and O–H groups in total. The van der Waals surface area contributed by atoms with Crippen LogP contribution in [0.5, 0.6) is 0 Å². The molecule has 0 saturated heterocycles. The number of pyridine rings is 2. The number of fused-ring (bicyclic) bond motifs is 9. The number of hydrogen-bond acceptors (Lipinski definition) is 6. The number of imidazole rings is 1. The first kappa shape index (κ1) is 20.9. The minimum absolute atomic E-state index is 0.0899. The predicted octanol–water partition coefficient (Wildman–Crippen LogP) is 6.26. The van der Waals surface area contributed by atoms with Gasteiger partial charge >= 0.3 is 0 Å². The van der Waals surface area contributed by atoms with E-state index in [1.54, 1.807) is 29.2 Å². The first-order valence-electron chi connectivity index (χ1n) is 11.4. The normalized spacial score (nSPS) is 12.1. The number of benzene rings is 1. The van der Waals surface area contributed by atoms with Gasteiger partial charge in [0, 0.05) is 27.6 Å². The van der Waals surface area contributed by atoms with E-state index in [-0.39, 0.29) is 22.7 Å². The number of hydrogen-bond donors (Lipinski definition) is 2. The van der Waals surface area contributed by atoms with E-state index in [1.807, 2.05) is 44.2 Å². The molecule has 0 aliphatic carbocycles. The monoisotopic (exact) mass is 495 g/mol.